The highest BCUT2D eigenvalue weighted by Crippen LogP contribution is 2.49. The van der Waals surface area contributed by atoms with E-state index in [0.717, 1.165) is 24.3 Å². The summed E-state index contributed by atoms with van der Waals surface area (Å²) in [6, 6.07) is 17.6. The maximum Gasteiger partial charge on any atom is 0.263 e. The van der Waals surface area contributed by atoms with Gasteiger partial charge in [-0.25, -0.2) is 13.2 Å². The summed E-state index contributed by atoms with van der Waals surface area (Å²) in [4.78, 5) is 2.58. The van der Waals surface area contributed by atoms with Crippen LogP contribution in [-0.2, 0) is 0 Å². The van der Waals surface area contributed by atoms with Gasteiger partial charge >= 0.3 is 0 Å². The van der Waals surface area contributed by atoms with E-state index < -0.39 is 24.1 Å². The number of benzene rings is 3. The van der Waals surface area contributed by atoms with Gasteiger partial charge in [-0.2, -0.15) is 0 Å². The molecular formula is C31H30F3NO3. The molecule has 0 radical (unpaired) electrons. The van der Waals surface area contributed by atoms with Gasteiger partial charge < -0.3 is 14.6 Å². The van der Waals surface area contributed by atoms with Crippen LogP contribution in [0.3, 0.4) is 0 Å². The fraction of sp³-hybridized carbons (Fsp3) is 0.355. The Morgan fingerprint density at radius 1 is 1.05 bits per heavy atom. The first-order valence-electron chi connectivity index (χ1n) is 13.2. The standard InChI is InChI=1S/C31H30F3NO3/c1-18-27(20-4-2-5-21(16-20)31(33)34)30(38-26-14-13-25(36)29(32)28(18)26)19-7-11-24(12-8-19)37-17-23-10-9-22-6-3-15-35(22)23/h2,4-5,7-8,11-14,16,22-23,30-31,36H,3,6,9-10,15,17H2,1H3/t22-,23-,30?/m0/s1. The summed E-state index contributed by atoms with van der Waals surface area (Å²) in [6.45, 7) is 3.53. The molecule has 3 aromatic rings. The lowest BCUT2D eigenvalue weighted by molar-refractivity contribution is 0.151. The number of nitrogens with zero attached hydrogens (tertiary/aromatic N) is 1. The van der Waals surface area contributed by atoms with Crippen LogP contribution in [0.2, 0.25) is 0 Å². The molecular weight excluding hydrogens is 491 g/mol. The van der Waals surface area contributed by atoms with Crippen LogP contribution < -0.4 is 9.47 Å². The van der Waals surface area contributed by atoms with Gasteiger partial charge in [0.05, 0.1) is 5.56 Å². The molecule has 0 amide bonds. The summed E-state index contributed by atoms with van der Waals surface area (Å²) in [7, 11) is 0. The van der Waals surface area contributed by atoms with Gasteiger partial charge in [0.1, 0.15) is 24.2 Å². The van der Waals surface area contributed by atoms with Crippen molar-refractivity contribution in [1.82, 2.24) is 4.90 Å². The molecule has 3 heterocycles. The van der Waals surface area contributed by atoms with E-state index in [1.165, 1.54) is 43.5 Å². The van der Waals surface area contributed by atoms with E-state index in [4.69, 9.17) is 9.47 Å². The molecule has 1 unspecified atom stereocenters. The van der Waals surface area contributed by atoms with Crippen molar-refractivity contribution in [3.05, 3.63) is 88.7 Å². The van der Waals surface area contributed by atoms with Crippen molar-refractivity contribution in [3.63, 3.8) is 0 Å². The molecule has 3 aromatic carbocycles. The number of hydrogen-bond donors (Lipinski definition) is 1. The summed E-state index contributed by atoms with van der Waals surface area (Å²) < 4.78 is 54.5. The quantitative estimate of drug-likeness (QED) is 0.364. The summed E-state index contributed by atoms with van der Waals surface area (Å²) in [5.74, 6) is -0.240. The number of rotatable bonds is 6. The van der Waals surface area contributed by atoms with Crippen LogP contribution in [-0.4, -0.2) is 35.2 Å². The molecule has 1 N–H and O–H groups in total. The van der Waals surface area contributed by atoms with E-state index in [9.17, 15) is 13.9 Å². The first-order chi connectivity index (χ1) is 18.4. The minimum Gasteiger partial charge on any atom is -0.505 e. The molecule has 0 saturated carbocycles. The molecule has 6 rings (SSSR count). The molecule has 3 aliphatic heterocycles. The van der Waals surface area contributed by atoms with Crippen LogP contribution in [0.5, 0.6) is 17.2 Å². The molecule has 3 atom stereocenters. The van der Waals surface area contributed by atoms with Gasteiger partial charge in [-0.05, 0) is 86.2 Å². The number of phenols is 1. The fourth-order valence-electron chi connectivity index (χ4n) is 6.27. The number of fused-ring (bicyclic) bond motifs is 2. The van der Waals surface area contributed by atoms with Crippen LogP contribution >= 0.6 is 0 Å². The normalized spacial score (nSPS) is 22.9. The van der Waals surface area contributed by atoms with Gasteiger partial charge in [0.2, 0.25) is 0 Å². The Morgan fingerprint density at radius 2 is 1.87 bits per heavy atom. The largest absolute Gasteiger partial charge is 0.505 e. The van der Waals surface area contributed by atoms with Gasteiger partial charge in [-0.1, -0.05) is 30.3 Å². The highest BCUT2D eigenvalue weighted by atomic mass is 19.3. The van der Waals surface area contributed by atoms with E-state index in [1.807, 2.05) is 24.3 Å². The Hall–Kier alpha value is -3.45. The Kier molecular flexibility index (Phi) is 6.56. The van der Waals surface area contributed by atoms with Gasteiger partial charge in [0.25, 0.3) is 6.43 Å². The number of allylic oxidation sites excluding steroid dienone is 1. The first kappa shape index (κ1) is 24.9. The second-order valence-electron chi connectivity index (χ2n) is 10.4. The fourth-order valence-corrected chi connectivity index (χ4v) is 6.27. The Morgan fingerprint density at radius 3 is 2.66 bits per heavy atom. The van der Waals surface area contributed by atoms with Crippen LogP contribution in [0.25, 0.3) is 11.1 Å². The third kappa shape index (κ3) is 4.43. The molecule has 2 saturated heterocycles. The van der Waals surface area contributed by atoms with E-state index >= 15 is 4.39 Å². The van der Waals surface area contributed by atoms with Crippen LogP contribution in [0.1, 0.15) is 67.4 Å². The minimum absolute atomic E-state index is 0.125. The highest BCUT2D eigenvalue weighted by Gasteiger charge is 2.37. The number of phenolic OH excluding ortho intramolecular Hbond substituents is 1. The number of ether oxygens (including phenoxy) is 2. The Labute approximate surface area is 220 Å². The smallest absolute Gasteiger partial charge is 0.263 e. The second kappa shape index (κ2) is 10.0. The number of aromatic hydroxyl groups is 1. The summed E-state index contributed by atoms with van der Waals surface area (Å²) >= 11 is 0. The lowest BCUT2D eigenvalue weighted by Crippen LogP contribution is -2.35. The van der Waals surface area contributed by atoms with E-state index in [1.54, 1.807) is 19.1 Å². The zero-order chi connectivity index (χ0) is 26.4. The number of alkyl halides is 2. The first-order valence-corrected chi connectivity index (χ1v) is 13.2. The van der Waals surface area contributed by atoms with Crippen LogP contribution in [0.4, 0.5) is 13.2 Å². The molecule has 0 aromatic heterocycles. The summed E-state index contributed by atoms with van der Waals surface area (Å²) in [5.41, 5.74) is 2.41. The van der Waals surface area contributed by atoms with Gasteiger partial charge in [-0.3, -0.25) is 4.90 Å². The van der Waals surface area contributed by atoms with E-state index in [2.05, 4.69) is 4.90 Å². The number of halogens is 3. The number of hydrogen-bond acceptors (Lipinski definition) is 4. The SMILES string of the molecule is CC1=C(c2cccc(C(F)F)c2)C(c2ccc(OC[C@@H]3CC[C@@H]4CCCN43)cc2)Oc2ccc(O)c(F)c21. The van der Waals surface area contributed by atoms with Crippen molar-refractivity contribution < 1.29 is 27.8 Å². The molecule has 4 nitrogen and oxygen atoms in total. The topological polar surface area (TPSA) is 41.9 Å². The van der Waals surface area contributed by atoms with Crippen LogP contribution in [0, 0.1) is 5.82 Å². The molecule has 0 bridgehead atoms. The average molecular weight is 522 g/mol. The van der Waals surface area contributed by atoms with Gasteiger partial charge in [0.15, 0.2) is 11.6 Å². The molecule has 3 aliphatic rings. The van der Waals surface area contributed by atoms with Crippen LogP contribution in [0.15, 0.2) is 60.7 Å². The monoisotopic (exact) mass is 521 g/mol. The predicted molar refractivity (Wildman–Crippen MR) is 140 cm³/mol. The highest BCUT2D eigenvalue weighted by molar-refractivity contribution is 5.96. The third-order valence-electron chi connectivity index (χ3n) is 8.17. The lowest BCUT2D eigenvalue weighted by atomic mass is 9.85. The molecule has 0 aliphatic carbocycles. The molecule has 198 valence electrons. The maximum absolute atomic E-state index is 15.0. The summed E-state index contributed by atoms with van der Waals surface area (Å²) in [6.07, 6.45) is 1.66. The van der Waals surface area contributed by atoms with Crippen molar-refractivity contribution >= 4 is 11.1 Å². The van der Waals surface area contributed by atoms with Crippen molar-refractivity contribution in [2.24, 2.45) is 0 Å². The van der Waals surface area contributed by atoms with Crippen molar-refractivity contribution in [2.75, 3.05) is 13.2 Å². The summed E-state index contributed by atoms with van der Waals surface area (Å²) in [5, 5.41) is 9.99. The molecule has 0 spiro atoms. The molecule has 2 fully saturated rings. The van der Waals surface area contributed by atoms with Crippen molar-refractivity contribution in [1.29, 1.82) is 0 Å². The van der Waals surface area contributed by atoms with Gasteiger partial charge in [-0.15, -0.1) is 0 Å². The molecule has 7 heteroatoms. The Bertz CT molecular complexity index is 1370. The zero-order valence-electron chi connectivity index (χ0n) is 21.2. The minimum atomic E-state index is -2.64. The average Bonchev–Trinajstić information content (AvgIpc) is 3.54. The van der Waals surface area contributed by atoms with E-state index in [-0.39, 0.29) is 11.1 Å². The van der Waals surface area contributed by atoms with Crippen molar-refractivity contribution in [3.8, 4) is 17.2 Å². The van der Waals surface area contributed by atoms with E-state index in [0.29, 0.717) is 41.1 Å². The van der Waals surface area contributed by atoms with Crippen molar-refractivity contribution in [2.45, 2.75) is 57.2 Å². The maximum atomic E-state index is 15.0. The molecule has 38 heavy (non-hydrogen) atoms. The Balaban J connectivity index is 1.31. The zero-order valence-corrected chi connectivity index (χ0v) is 21.2. The second-order valence-corrected chi connectivity index (χ2v) is 10.4. The third-order valence-corrected chi connectivity index (χ3v) is 8.17. The lowest BCUT2D eigenvalue weighted by Gasteiger charge is -2.31. The van der Waals surface area contributed by atoms with Gasteiger partial charge in [0, 0.05) is 23.2 Å². The predicted octanol–water partition coefficient (Wildman–Crippen LogP) is 7.54.